The van der Waals surface area contributed by atoms with Gasteiger partial charge in [0.25, 0.3) is 0 Å². The molecule has 3 aromatic rings. The summed E-state index contributed by atoms with van der Waals surface area (Å²) in [4.78, 5) is 7.24. The molecule has 2 aromatic heterocycles. The molecule has 152 valence electrons. The molecule has 0 amide bonds. The Morgan fingerprint density at radius 3 is 2.93 bits per heavy atom. The lowest BCUT2D eigenvalue weighted by atomic mass is 9.99. The van der Waals surface area contributed by atoms with Crippen LogP contribution < -0.4 is 19.7 Å². The molecular formula is C21H24ClN5O2. The van der Waals surface area contributed by atoms with Crippen molar-refractivity contribution in [3.63, 3.8) is 0 Å². The molecule has 1 saturated heterocycles. The minimum absolute atomic E-state index is 0.440. The number of rotatable bonds is 5. The van der Waals surface area contributed by atoms with Gasteiger partial charge in [0, 0.05) is 49.7 Å². The number of methoxy groups -OCH3 is 1. The predicted molar refractivity (Wildman–Crippen MR) is 112 cm³/mol. The number of fused-ring (bicyclic) bond motifs is 2. The molecule has 2 aliphatic heterocycles. The molecule has 0 radical (unpaired) electrons. The minimum Gasteiger partial charge on any atom is -0.497 e. The molecule has 29 heavy (non-hydrogen) atoms. The van der Waals surface area contributed by atoms with Crippen LogP contribution in [0.2, 0.25) is 5.02 Å². The van der Waals surface area contributed by atoms with Gasteiger partial charge in [-0.2, -0.15) is 9.61 Å². The van der Waals surface area contributed by atoms with Crippen LogP contribution in [0.4, 0.5) is 5.82 Å². The fourth-order valence-corrected chi connectivity index (χ4v) is 4.29. The average Bonchev–Trinajstić information content (AvgIpc) is 3.04. The normalized spacial score (nSPS) is 17.0. The molecular weight excluding hydrogens is 390 g/mol. The van der Waals surface area contributed by atoms with Crippen molar-refractivity contribution in [3.05, 3.63) is 46.7 Å². The van der Waals surface area contributed by atoms with Crippen LogP contribution in [0.15, 0.2) is 30.5 Å². The topological polar surface area (TPSA) is 63.9 Å². The summed E-state index contributed by atoms with van der Waals surface area (Å²) in [6, 6.07) is 7.45. The first-order chi connectivity index (χ1) is 14.2. The van der Waals surface area contributed by atoms with Crippen LogP contribution in [-0.4, -0.2) is 54.5 Å². The van der Waals surface area contributed by atoms with Crippen molar-refractivity contribution < 1.29 is 9.47 Å². The molecule has 4 heterocycles. The molecule has 0 saturated carbocycles. The van der Waals surface area contributed by atoms with E-state index in [4.69, 9.17) is 26.1 Å². The van der Waals surface area contributed by atoms with Crippen molar-refractivity contribution in [2.24, 2.45) is 5.92 Å². The first kappa shape index (κ1) is 18.5. The number of halogens is 1. The fourth-order valence-electron chi connectivity index (χ4n) is 4.12. The zero-order chi connectivity index (χ0) is 19.8. The number of nitrogens with zero attached hydrogens (tertiary/aromatic N) is 4. The number of hydrogen-bond donors (Lipinski definition) is 1. The second-order valence-corrected chi connectivity index (χ2v) is 8.00. The molecule has 0 bridgehead atoms. The quantitative estimate of drug-likeness (QED) is 0.693. The van der Waals surface area contributed by atoms with Crippen molar-refractivity contribution >= 4 is 23.1 Å². The van der Waals surface area contributed by atoms with Gasteiger partial charge in [0.1, 0.15) is 17.3 Å². The molecule has 8 heteroatoms. The van der Waals surface area contributed by atoms with Gasteiger partial charge in [0.15, 0.2) is 5.65 Å². The van der Waals surface area contributed by atoms with E-state index in [1.165, 1.54) is 17.1 Å². The summed E-state index contributed by atoms with van der Waals surface area (Å²) < 4.78 is 13.2. The predicted octanol–water partition coefficient (Wildman–Crippen LogP) is 2.59. The van der Waals surface area contributed by atoms with Gasteiger partial charge in [-0.3, -0.25) is 0 Å². The maximum absolute atomic E-state index is 6.25. The second-order valence-electron chi connectivity index (χ2n) is 7.59. The Labute approximate surface area is 174 Å². The number of nitrogens with one attached hydrogen (secondary N) is 1. The van der Waals surface area contributed by atoms with E-state index in [9.17, 15) is 0 Å². The molecule has 0 aliphatic carbocycles. The highest BCUT2D eigenvalue weighted by Crippen LogP contribution is 2.33. The summed E-state index contributed by atoms with van der Waals surface area (Å²) in [5.74, 6) is 3.04. The van der Waals surface area contributed by atoms with E-state index in [0.717, 1.165) is 50.4 Å². The molecule has 5 rings (SSSR count). The summed E-state index contributed by atoms with van der Waals surface area (Å²) in [5, 5.41) is 8.62. The summed E-state index contributed by atoms with van der Waals surface area (Å²) in [6.07, 6.45) is 3.76. The van der Waals surface area contributed by atoms with E-state index in [1.807, 2.05) is 28.9 Å². The SMILES string of the molecule is COc1ccc(Cl)c(OCC2CN(c3c4c(nc5ccnn35)CCNCC4)C2)c1. The number of hydrogen-bond acceptors (Lipinski definition) is 6. The van der Waals surface area contributed by atoms with Crippen molar-refractivity contribution in [3.8, 4) is 11.5 Å². The van der Waals surface area contributed by atoms with Gasteiger partial charge in [0.2, 0.25) is 0 Å². The maximum Gasteiger partial charge on any atom is 0.157 e. The van der Waals surface area contributed by atoms with Crippen LogP contribution >= 0.6 is 11.6 Å². The minimum atomic E-state index is 0.440. The van der Waals surface area contributed by atoms with Crippen LogP contribution in [0, 0.1) is 5.92 Å². The van der Waals surface area contributed by atoms with Crippen LogP contribution in [0.3, 0.4) is 0 Å². The van der Waals surface area contributed by atoms with E-state index >= 15 is 0 Å². The largest absolute Gasteiger partial charge is 0.497 e. The number of benzene rings is 1. The average molecular weight is 414 g/mol. The highest BCUT2D eigenvalue weighted by Gasteiger charge is 2.32. The fraction of sp³-hybridized carbons (Fsp3) is 0.429. The maximum atomic E-state index is 6.25. The monoisotopic (exact) mass is 413 g/mol. The van der Waals surface area contributed by atoms with Gasteiger partial charge in [0.05, 0.1) is 30.6 Å². The Morgan fingerprint density at radius 2 is 2.07 bits per heavy atom. The summed E-state index contributed by atoms with van der Waals surface area (Å²) in [6.45, 7) is 4.44. The zero-order valence-electron chi connectivity index (χ0n) is 16.4. The highest BCUT2D eigenvalue weighted by molar-refractivity contribution is 6.32. The van der Waals surface area contributed by atoms with Gasteiger partial charge in [-0.15, -0.1) is 0 Å². The molecule has 0 spiro atoms. The Morgan fingerprint density at radius 1 is 1.21 bits per heavy atom. The number of aromatic nitrogens is 3. The highest BCUT2D eigenvalue weighted by atomic mass is 35.5. The molecule has 1 aromatic carbocycles. The lowest BCUT2D eigenvalue weighted by Crippen LogP contribution is -2.50. The van der Waals surface area contributed by atoms with Crippen LogP contribution in [0.25, 0.3) is 5.65 Å². The van der Waals surface area contributed by atoms with E-state index < -0.39 is 0 Å². The van der Waals surface area contributed by atoms with Crippen LogP contribution in [0.5, 0.6) is 11.5 Å². The van der Waals surface area contributed by atoms with Crippen molar-refractivity contribution in [2.75, 3.05) is 44.8 Å². The number of anilines is 1. The summed E-state index contributed by atoms with van der Waals surface area (Å²) >= 11 is 6.25. The lowest BCUT2D eigenvalue weighted by Gasteiger charge is -2.41. The van der Waals surface area contributed by atoms with Gasteiger partial charge in [-0.1, -0.05) is 11.6 Å². The summed E-state index contributed by atoms with van der Waals surface area (Å²) in [7, 11) is 1.64. The van der Waals surface area contributed by atoms with E-state index in [2.05, 4.69) is 15.3 Å². The third-order valence-corrected chi connectivity index (χ3v) is 5.96. The van der Waals surface area contributed by atoms with E-state index in [-0.39, 0.29) is 0 Å². The molecule has 2 aliphatic rings. The van der Waals surface area contributed by atoms with Gasteiger partial charge < -0.3 is 19.7 Å². The molecule has 1 fully saturated rings. The molecule has 0 unspecified atom stereocenters. The Bertz CT molecular complexity index is 1030. The molecule has 0 atom stereocenters. The third kappa shape index (κ3) is 3.49. The van der Waals surface area contributed by atoms with Crippen molar-refractivity contribution in [1.82, 2.24) is 19.9 Å². The number of ether oxygens (including phenoxy) is 2. The van der Waals surface area contributed by atoms with Gasteiger partial charge in [-0.05, 0) is 25.1 Å². The van der Waals surface area contributed by atoms with Crippen molar-refractivity contribution in [1.29, 1.82) is 0 Å². The van der Waals surface area contributed by atoms with Gasteiger partial charge in [-0.25, -0.2) is 4.98 Å². The second kappa shape index (κ2) is 7.72. The lowest BCUT2D eigenvalue weighted by molar-refractivity contribution is 0.219. The Kier molecular flexibility index (Phi) is 4.93. The standard InChI is InChI=1S/C21H24ClN5O2/c1-28-15-2-3-17(22)19(10-15)29-13-14-11-26(12-14)21-16-4-7-23-8-5-18(16)25-20-6-9-24-27(20)21/h2-3,6,9-10,14,23H,4-5,7-8,11-13H2,1H3. The zero-order valence-corrected chi connectivity index (χ0v) is 17.2. The van der Waals surface area contributed by atoms with E-state index in [0.29, 0.717) is 23.3 Å². The Balaban J connectivity index is 1.32. The first-order valence-electron chi connectivity index (χ1n) is 10.0. The molecule has 1 N–H and O–H groups in total. The first-order valence-corrected chi connectivity index (χ1v) is 10.4. The van der Waals surface area contributed by atoms with Crippen molar-refractivity contribution in [2.45, 2.75) is 12.8 Å². The van der Waals surface area contributed by atoms with Gasteiger partial charge >= 0.3 is 0 Å². The smallest absolute Gasteiger partial charge is 0.157 e. The molecule has 7 nitrogen and oxygen atoms in total. The van der Waals surface area contributed by atoms with Crippen LogP contribution in [0.1, 0.15) is 11.3 Å². The Hall–Kier alpha value is -2.51. The van der Waals surface area contributed by atoms with E-state index in [1.54, 1.807) is 13.2 Å². The van der Waals surface area contributed by atoms with Crippen LogP contribution in [-0.2, 0) is 12.8 Å². The third-order valence-electron chi connectivity index (χ3n) is 5.65. The summed E-state index contributed by atoms with van der Waals surface area (Å²) in [5.41, 5.74) is 3.44.